The number of ketones is 1. The van der Waals surface area contributed by atoms with Crippen molar-refractivity contribution in [3.05, 3.63) is 89.9 Å². The van der Waals surface area contributed by atoms with Crippen LogP contribution in [0.1, 0.15) is 28.2 Å². The number of hydrogen-bond acceptors (Lipinski definition) is 8. The van der Waals surface area contributed by atoms with E-state index in [0.717, 1.165) is 16.9 Å². The summed E-state index contributed by atoms with van der Waals surface area (Å²) in [5.74, 6) is 0.358. The number of piperidine rings is 1. The summed E-state index contributed by atoms with van der Waals surface area (Å²) in [6, 6.07) is 12.8. The lowest BCUT2D eigenvalue weighted by Crippen LogP contribution is -2.57. The van der Waals surface area contributed by atoms with E-state index in [1.807, 2.05) is 11.9 Å². The molecule has 1 fully saturated rings. The van der Waals surface area contributed by atoms with E-state index in [1.165, 1.54) is 28.7 Å². The van der Waals surface area contributed by atoms with Gasteiger partial charge >= 0.3 is 0 Å². The molecule has 10 nitrogen and oxygen atoms in total. The van der Waals surface area contributed by atoms with Crippen molar-refractivity contribution in [1.82, 2.24) is 24.1 Å². The van der Waals surface area contributed by atoms with Crippen LogP contribution in [0.2, 0.25) is 0 Å². The molecule has 7 rings (SSSR count). The number of fused-ring (bicyclic) bond motifs is 3. The summed E-state index contributed by atoms with van der Waals surface area (Å²) in [6.07, 6.45) is 5.99. The maximum absolute atomic E-state index is 14.3. The Morgan fingerprint density at radius 1 is 1.10 bits per heavy atom. The van der Waals surface area contributed by atoms with Crippen LogP contribution in [0.3, 0.4) is 0 Å². The van der Waals surface area contributed by atoms with E-state index in [9.17, 15) is 17.6 Å². The van der Waals surface area contributed by atoms with Crippen LogP contribution in [-0.4, -0.2) is 71.5 Å². The molecule has 0 unspecified atom stereocenters. The molecule has 5 heterocycles. The zero-order valence-electron chi connectivity index (χ0n) is 23.0. The molecule has 2 atom stereocenters. The second-order valence-corrected chi connectivity index (χ2v) is 13.1. The number of carbonyl (C=O) groups is 1. The minimum absolute atomic E-state index is 0.00835. The van der Waals surface area contributed by atoms with Crippen molar-refractivity contribution in [2.24, 2.45) is 11.3 Å². The van der Waals surface area contributed by atoms with Crippen LogP contribution >= 0.6 is 0 Å². The summed E-state index contributed by atoms with van der Waals surface area (Å²) < 4.78 is 50.6. The number of ether oxygens (including phenoxy) is 1. The molecule has 3 aromatic heterocycles. The number of Topliss-reactive ketones (excluding diaryl/α,β-unsaturated/α-hetero) is 1. The Bertz CT molecular complexity index is 1780. The Kier molecular flexibility index (Phi) is 6.35. The first-order valence-electron chi connectivity index (χ1n) is 13.9. The van der Waals surface area contributed by atoms with Gasteiger partial charge in [-0.1, -0.05) is 6.07 Å². The van der Waals surface area contributed by atoms with Crippen LogP contribution < -0.4 is 9.64 Å². The van der Waals surface area contributed by atoms with Crippen LogP contribution in [0.15, 0.2) is 72.0 Å². The van der Waals surface area contributed by atoms with Crippen LogP contribution in [0.5, 0.6) is 5.75 Å². The first-order chi connectivity index (χ1) is 20.3. The third kappa shape index (κ3) is 4.28. The van der Waals surface area contributed by atoms with Gasteiger partial charge in [-0.05, 0) is 67.1 Å². The number of aromatic nitrogens is 4. The fourth-order valence-electron chi connectivity index (χ4n) is 6.54. The normalized spacial score (nSPS) is 22.0. The summed E-state index contributed by atoms with van der Waals surface area (Å²) in [4.78, 5) is 25.0. The van der Waals surface area contributed by atoms with Gasteiger partial charge in [0.2, 0.25) is 10.0 Å². The van der Waals surface area contributed by atoms with Gasteiger partial charge in [0.15, 0.2) is 17.4 Å². The summed E-state index contributed by atoms with van der Waals surface area (Å²) >= 11 is 0. The van der Waals surface area contributed by atoms with Crippen molar-refractivity contribution in [3.63, 3.8) is 0 Å². The van der Waals surface area contributed by atoms with Gasteiger partial charge in [-0.2, -0.15) is 9.40 Å². The van der Waals surface area contributed by atoms with Crippen molar-refractivity contribution in [3.8, 4) is 11.4 Å². The van der Waals surface area contributed by atoms with Gasteiger partial charge in [0.1, 0.15) is 23.0 Å². The number of benzene rings is 1. The molecule has 1 saturated heterocycles. The zero-order valence-corrected chi connectivity index (χ0v) is 23.8. The Morgan fingerprint density at radius 3 is 2.71 bits per heavy atom. The largest absolute Gasteiger partial charge is 0.488 e. The fraction of sp³-hybridized carbons (Fsp3) is 0.333. The van der Waals surface area contributed by atoms with E-state index < -0.39 is 15.4 Å². The maximum atomic E-state index is 14.3. The lowest BCUT2D eigenvalue weighted by Gasteiger charge is -2.49. The van der Waals surface area contributed by atoms with E-state index in [4.69, 9.17) is 4.74 Å². The third-order valence-electron chi connectivity index (χ3n) is 8.78. The number of nitrogens with zero attached hydrogens (tertiary/aromatic N) is 6. The highest BCUT2D eigenvalue weighted by atomic mass is 32.2. The molecule has 0 spiro atoms. The van der Waals surface area contributed by atoms with Gasteiger partial charge in [0.05, 0.1) is 23.8 Å². The SMILES string of the molecule is CN1CCOc2cc(S(=O)(=O)N3CC[C@H]4Cc5c(cnn5-c5ccc(F)cc5)C[C@]4(C(=O)c4ccccn4)C3)cnc21. The average molecular weight is 589 g/mol. The Labute approximate surface area is 242 Å². The molecule has 4 aromatic rings. The molecule has 0 N–H and O–H groups in total. The number of halogens is 1. The highest BCUT2D eigenvalue weighted by Crippen LogP contribution is 2.48. The van der Waals surface area contributed by atoms with Crippen molar-refractivity contribution in [2.45, 2.75) is 24.2 Å². The molecule has 12 heteroatoms. The standard InChI is InChI=1S/C30H29FN6O4S/c1-35-12-13-41-27-15-24(18-33-29(27)35)42(39,40)36-11-9-21-14-26-20(17-34-37(26)23-7-5-22(31)6-8-23)16-30(21,19-36)28(38)25-4-2-3-10-32-25/h2-8,10,15,17-18,21H,9,11-14,16,19H2,1H3/t21-,30-/m0/s1. The molecule has 2 aliphatic heterocycles. The number of hydrogen-bond donors (Lipinski definition) is 0. The predicted molar refractivity (Wildman–Crippen MR) is 152 cm³/mol. The number of rotatable bonds is 5. The Balaban J connectivity index is 1.28. The highest BCUT2D eigenvalue weighted by Gasteiger charge is 2.54. The minimum Gasteiger partial charge on any atom is -0.488 e. The summed E-state index contributed by atoms with van der Waals surface area (Å²) in [5.41, 5.74) is 1.82. The molecule has 1 aromatic carbocycles. The second kappa shape index (κ2) is 9.99. The molecular formula is C30H29FN6O4S. The molecule has 1 aliphatic carbocycles. The topological polar surface area (TPSA) is 111 Å². The van der Waals surface area contributed by atoms with E-state index in [1.54, 1.807) is 47.4 Å². The van der Waals surface area contributed by atoms with Crippen molar-refractivity contribution in [1.29, 1.82) is 0 Å². The fourth-order valence-corrected chi connectivity index (χ4v) is 8.03. The molecule has 216 valence electrons. The number of pyridine rings is 2. The number of anilines is 1. The van der Waals surface area contributed by atoms with Crippen LogP contribution in [0.25, 0.3) is 5.69 Å². The molecule has 0 saturated carbocycles. The van der Waals surface area contributed by atoms with E-state index in [2.05, 4.69) is 15.1 Å². The van der Waals surface area contributed by atoms with E-state index >= 15 is 0 Å². The predicted octanol–water partition coefficient (Wildman–Crippen LogP) is 3.31. The first kappa shape index (κ1) is 26.7. The highest BCUT2D eigenvalue weighted by molar-refractivity contribution is 7.89. The summed E-state index contributed by atoms with van der Waals surface area (Å²) in [5, 5.41) is 4.59. The van der Waals surface area contributed by atoms with Gasteiger partial charge < -0.3 is 9.64 Å². The van der Waals surface area contributed by atoms with Crippen molar-refractivity contribution < 1.29 is 22.3 Å². The average Bonchev–Trinajstić information content (AvgIpc) is 3.42. The van der Waals surface area contributed by atoms with E-state index in [-0.39, 0.29) is 35.5 Å². The van der Waals surface area contributed by atoms with Crippen LogP contribution in [-0.2, 0) is 22.9 Å². The molecular weight excluding hydrogens is 559 g/mol. The molecule has 42 heavy (non-hydrogen) atoms. The van der Waals surface area contributed by atoms with Gasteiger partial charge in [-0.15, -0.1) is 0 Å². The number of likely N-dealkylation sites (N-methyl/N-ethyl adjacent to an activating group) is 1. The number of sulfonamides is 1. The van der Waals surface area contributed by atoms with Gasteiger partial charge in [0.25, 0.3) is 0 Å². The number of carbonyl (C=O) groups excluding carboxylic acids is 1. The Hall–Kier alpha value is -4.16. The zero-order chi connectivity index (χ0) is 29.1. The Morgan fingerprint density at radius 2 is 1.93 bits per heavy atom. The van der Waals surface area contributed by atoms with Gasteiger partial charge in [-0.3, -0.25) is 9.78 Å². The molecule has 0 radical (unpaired) electrons. The molecule has 0 bridgehead atoms. The van der Waals surface area contributed by atoms with E-state index in [0.29, 0.717) is 49.7 Å². The lowest BCUT2D eigenvalue weighted by atomic mass is 9.60. The molecule has 0 amide bonds. The maximum Gasteiger partial charge on any atom is 0.244 e. The van der Waals surface area contributed by atoms with Crippen molar-refractivity contribution in [2.75, 3.05) is 38.2 Å². The summed E-state index contributed by atoms with van der Waals surface area (Å²) in [7, 11) is -2.11. The lowest BCUT2D eigenvalue weighted by molar-refractivity contribution is 0.0394. The first-order valence-corrected chi connectivity index (χ1v) is 15.3. The monoisotopic (exact) mass is 588 g/mol. The summed E-state index contributed by atoms with van der Waals surface area (Å²) in [6.45, 7) is 1.36. The third-order valence-corrected chi connectivity index (χ3v) is 10.6. The quantitative estimate of drug-likeness (QED) is 0.327. The van der Waals surface area contributed by atoms with Crippen LogP contribution in [0.4, 0.5) is 10.2 Å². The smallest absolute Gasteiger partial charge is 0.244 e. The van der Waals surface area contributed by atoms with Crippen molar-refractivity contribution >= 4 is 21.6 Å². The second-order valence-electron chi connectivity index (χ2n) is 11.2. The van der Waals surface area contributed by atoms with Gasteiger partial charge in [-0.25, -0.2) is 22.5 Å². The van der Waals surface area contributed by atoms with Crippen LogP contribution in [0, 0.1) is 17.2 Å². The van der Waals surface area contributed by atoms with Gasteiger partial charge in [0, 0.05) is 44.3 Å². The minimum atomic E-state index is -3.99. The molecule has 3 aliphatic rings.